The molecule has 1 aliphatic rings. The van der Waals surface area contributed by atoms with E-state index in [9.17, 15) is 0 Å². The number of anilines is 1. The van der Waals surface area contributed by atoms with Gasteiger partial charge in [-0.25, -0.2) is 4.98 Å². The second-order valence-electron chi connectivity index (χ2n) is 4.45. The van der Waals surface area contributed by atoms with Crippen LogP contribution in [-0.4, -0.2) is 26.7 Å². The Labute approximate surface area is 124 Å². The summed E-state index contributed by atoms with van der Waals surface area (Å²) in [7, 11) is 0. The van der Waals surface area contributed by atoms with Gasteiger partial charge in [0.2, 0.25) is 12.1 Å². The minimum Gasteiger partial charge on any atom is -0.454 e. The molecule has 106 valence electrons. The van der Waals surface area contributed by atoms with Crippen molar-refractivity contribution in [3.63, 3.8) is 0 Å². The fourth-order valence-electron chi connectivity index (χ4n) is 2.24. The van der Waals surface area contributed by atoms with Crippen molar-refractivity contribution in [2.75, 3.05) is 12.1 Å². The highest BCUT2D eigenvalue weighted by atomic mass is 35.5. The molecule has 1 aliphatic heterocycles. The van der Waals surface area contributed by atoms with E-state index in [0.717, 1.165) is 17.1 Å². The first-order valence-corrected chi connectivity index (χ1v) is 6.67. The minimum atomic E-state index is 0.148. The van der Waals surface area contributed by atoms with Crippen LogP contribution in [0, 0.1) is 0 Å². The van der Waals surface area contributed by atoms with Crippen molar-refractivity contribution in [1.82, 2.24) is 19.9 Å². The van der Waals surface area contributed by atoms with Gasteiger partial charge in [-0.05, 0) is 17.7 Å². The van der Waals surface area contributed by atoms with Gasteiger partial charge >= 0.3 is 0 Å². The molecular formula is C13H10ClN5O2. The molecule has 0 saturated carbocycles. The van der Waals surface area contributed by atoms with E-state index in [1.165, 1.54) is 0 Å². The molecule has 0 saturated heterocycles. The number of imidazole rings is 1. The molecule has 0 bridgehead atoms. The molecule has 0 atom stereocenters. The summed E-state index contributed by atoms with van der Waals surface area (Å²) in [5, 5.41) is 3.37. The van der Waals surface area contributed by atoms with Gasteiger partial charge in [0.05, 0.1) is 6.33 Å². The maximum atomic E-state index is 5.90. The topological polar surface area (TPSA) is 85.0 Å². The molecule has 0 aliphatic carbocycles. The van der Waals surface area contributed by atoms with E-state index in [2.05, 4.69) is 25.3 Å². The number of nitrogens with zero attached hydrogens (tertiary/aromatic N) is 3. The second-order valence-corrected chi connectivity index (χ2v) is 4.78. The first-order valence-electron chi connectivity index (χ1n) is 6.29. The van der Waals surface area contributed by atoms with E-state index in [-0.39, 0.29) is 12.1 Å². The van der Waals surface area contributed by atoms with Gasteiger partial charge in [0.1, 0.15) is 5.52 Å². The van der Waals surface area contributed by atoms with Gasteiger partial charge in [-0.2, -0.15) is 9.97 Å². The van der Waals surface area contributed by atoms with Gasteiger partial charge < -0.3 is 19.8 Å². The molecule has 4 rings (SSSR count). The summed E-state index contributed by atoms with van der Waals surface area (Å²) in [6.07, 6.45) is 1.55. The van der Waals surface area contributed by atoms with E-state index >= 15 is 0 Å². The zero-order valence-corrected chi connectivity index (χ0v) is 11.5. The summed E-state index contributed by atoms with van der Waals surface area (Å²) in [4.78, 5) is 15.3. The number of aromatic nitrogens is 4. The Balaban J connectivity index is 1.64. The van der Waals surface area contributed by atoms with Crippen LogP contribution < -0.4 is 14.8 Å². The molecule has 3 heterocycles. The number of hydrogen-bond acceptors (Lipinski definition) is 6. The van der Waals surface area contributed by atoms with Crippen molar-refractivity contribution in [2.45, 2.75) is 6.54 Å². The number of aromatic amines is 1. The lowest BCUT2D eigenvalue weighted by Gasteiger charge is -2.08. The van der Waals surface area contributed by atoms with Crippen LogP contribution in [0.5, 0.6) is 11.5 Å². The zero-order valence-electron chi connectivity index (χ0n) is 10.8. The molecule has 1 aromatic carbocycles. The summed E-state index contributed by atoms with van der Waals surface area (Å²) in [5.74, 6) is 2.10. The molecule has 0 amide bonds. The van der Waals surface area contributed by atoms with Crippen LogP contribution in [0.2, 0.25) is 5.28 Å². The zero-order chi connectivity index (χ0) is 14.2. The minimum absolute atomic E-state index is 0.148. The molecule has 0 spiro atoms. The average Bonchev–Trinajstić information content (AvgIpc) is 3.12. The molecule has 3 aromatic rings. The Bertz CT molecular complexity index is 819. The van der Waals surface area contributed by atoms with E-state index in [1.807, 2.05) is 18.2 Å². The van der Waals surface area contributed by atoms with E-state index in [1.54, 1.807) is 6.33 Å². The van der Waals surface area contributed by atoms with E-state index in [4.69, 9.17) is 21.1 Å². The Morgan fingerprint density at radius 3 is 3.19 bits per heavy atom. The number of H-pyrrole nitrogens is 1. The molecule has 2 aromatic heterocycles. The summed E-state index contributed by atoms with van der Waals surface area (Å²) in [5.41, 5.74) is 2.21. The normalized spacial score (nSPS) is 12.8. The van der Waals surface area contributed by atoms with E-state index in [0.29, 0.717) is 23.5 Å². The fourth-order valence-corrected chi connectivity index (χ4v) is 2.41. The second kappa shape index (κ2) is 4.78. The fraction of sp³-hybridized carbons (Fsp3) is 0.154. The Kier molecular flexibility index (Phi) is 2.78. The number of hydrogen-bond donors (Lipinski definition) is 2. The summed E-state index contributed by atoms with van der Waals surface area (Å²) < 4.78 is 10.8. The predicted octanol–water partition coefficient (Wildman–Crippen LogP) is 2.35. The third kappa shape index (κ3) is 2.11. The third-order valence-corrected chi connectivity index (χ3v) is 3.35. The van der Waals surface area contributed by atoms with Gasteiger partial charge in [-0.15, -0.1) is 0 Å². The summed E-state index contributed by atoms with van der Waals surface area (Å²) >= 11 is 5.90. The van der Waals surface area contributed by atoms with Gasteiger partial charge in [0.15, 0.2) is 23.0 Å². The Morgan fingerprint density at radius 1 is 1.29 bits per heavy atom. The number of ether oxygens (including phenoxy) is 2. The van der Waals surface area contributed by atoms with Gasteiger partial charge in [0, 0.05) is 12.1 Å². The molecule has 8 heteroatoms. The quantitative estimate of drug-likeness (QED) is 0.722. The lowest BCUT2D eigenvalue weighted by Crippen LogP contribution is -2.04. The van der Waals surface area contributed by atoms with Crippen LogP contribution in [0.4, 0.5) is 5.82 Å². The molecule has 21 heavy (non-hydrogen) atoms. The maximum absolute atomic E-state index is 5.90. The van der Waals surface area contributed by atoms with Crippen LogP contribution in [0.1, 0.15) is 5.56 Å². The van der Waals surface area contributed by atoms with Crippen molar-refractivity contribution >= 4 is 28.6 Å². The van der Waals surface area contributed by atoms with Crippen molar-refractivity contribution in [3.8, 4) is 11.5 Å². The highest BCUT2D eigenvalue weighted by molar-refractivity contribution is 6.28. The monoisotopic (exact) mass is 303 g/mol. The average molecular weight is 304 g/mol. The van der Waals surface area contributed by atoms with Crippen LogP contribution in [0.25, 0.3) is 11.2 Å². The number of rotatable bonds is 3. The SMILES string of the molecule is Clc1nc(NCc2cccc3c2OCO3)c2[nH]cnc2n1. The smallest absolute Gasteiger partial charge is 0.231 e. The first kappa shape index (κ1) is 12.2. The number of fused-ring (bicyclic) bond motifs is 2. The van der Waals surface area contributed by atoms with Crippen molar-refractivity contribution < 1.29 is 9.47 Å². The third-order valence-electron chi connectivity index (χ3n) is 3.18. The van der Waals surface area contributed by atoms with Crippen LogP contribution in [0.15, 0.2) is 24.5 Å². The number of benzene rings is 1. The Hall–Kier alpha value is -2.54. The molecule has 0 unspecified atom stereocenters. The summed E-state index contributed by atoms with van der Waals surface area (Å²) in [6, 6.07) is 5.76. The highest BCUT2D eigenvalue weighted by Gasteiger charge is 2.17. The summed E-state index contributed by atoms with van der Waals surface area (Å²) in [6.45, 7) is 0.768. The number of nitrogens with one attached hydrogen (secondary N) is 2. The van der Waals surface area contributed by atoms with Gasteiger partial charge in [-0.3, -0.25) is 0 Å². The Morgan fingerprint density at radius 2 is 2.24 bits per heavy atom. The number of halogens is 1. The maximum Gasteiger partial charge on any atom is 0.231 e. The first-order chi connectivity index (χ1) is 10.3. The van der Waals surface area contributed by atoms with Gasteiger partial charge in [-0.1, -0.05) is 12.1 Å². The molecule has 0 radical (unpaired) electrons. The highest BCUT2D eigenvalue weighted by Crippen LogP contribution is 2.35. The largest absolute Gasteiger partial charge is 0.454 e. The van der Waals surface area contributed by atoms with Crippen LogP contribution in [0.3, 0.4) is 0 Å². The van der Waals surface area contributed by atoms with Crippen molar-refractivity contribution in [3.05, 3.63) is 35.4 Å². The molecular weight excluding hydrogens is 294 g/mol. The lowest BCUT2D eigenvalue weighted by molar-refractivity contribution is 0.173. The van der Waals surface area contributed by atoms with Crippen molar-refractivity contribution in [1.29, 1.82) is 0 Å². The van der Waals surface area contributed by atoms with Crippen LogP contribution >= 0.6 is 11.6 Å². The number of para-hydroxylation sites is 1. The lowest BCUT2D eigenvalue weighted by atomic mass is 10.2. The van der Waals surface area contributed by atoms with E-state index < -0.39 is 0 Å². The molecule has 0 fully saturated rings. The van der Waals surface area contributed by atoms with Crippen molar-refractivity contribution in [2.24, 2.45) is 0 Å². The standard InChI is InChI=1S/C13H10ClN5O2/c14-13-18-11(9-12(19-13)17-5-16-9)15-4-7-2-1-3-8-10(7)21-6-20-8/h1-3,5H,4,6H2,(H2,15,16,17,18,19). The molecule has 7 nitrogen and oxygen atoms in total. The predicted molar refractivity (Wildman–Crippen MR) is 76.6 cm³/mol. The molecule has 2 N–H and O–H groups in total. The van der Waals surface area contributed by atoms with Crippen LogP contribution in [-0.2, 0) is 6.54 Å². The van der Waals surface area contributed by atoms with Gasteiger partial charge in [0.25, 0.3) is 0 Å².